The summed E-state index contributed by atoms with van der Waals surface area (Å²) in [5, 5.41) is 38.7. The van der Waals surface area contributed by atoms with Gasteiger partial charge in [0, 0.05) is 141 Å². The van der Waals surface area contributed by atoms with Crippen molar-refractivity contribution >= 4 is 142 Å². The lowest BCUT2D eigenvalue weighted by atomic mass is 9.95. The molecular formula is C75H92N14O9S6. The monoisotopic (exact) mass is 1520 g/mol. The van der Waals surface area contributed by atoms with Gasteiger partial charge in [-0.3, -0.25) is 24.0 Å². The lowest BCUT2D eigenvalue weighted by Crippen LogP contribution is -2.39. The summed E-state index contributed by atoms with van der Waals surface area (Å²) in [5.74, 6) is -0.521. The molecule has 0 fully saturated rings. The number of thiazole rings is 3. The van der Waals surface area contributed by atoms with E-state index in [4.69, 9.17) is 20.1 Å². The molecule has 11 N–H and O–H groups in total. The Balaban J connectivity index is 0.000000185. The van der Waals surface area contributed by atoms with Crippen LogP contribution in [0, 0.1) is 0 Å². The Morgan fingerprint density at radius 1 is 0.558 bits per heavy atom. The first-order chi connectivity index (χ1) is 50.0. The van der Waals surface area contributed by atoms with Gasteiger partial charge in [0.2, 0.25) is 17.7 Å². The molecule has 2 aliphatic heterocycles. The molecule has 0 saturated carbocycles. The standard InChI is InChI=1S/C24H28N4O2S2.C23H27N5O2S2.C21H30N4O3S2.C6H7N.CO2/c1-15(2)25-13-12-20(29)28-24-21(17-10-6-7-11-19(17)32-24)23-27-18(14-31-23)22(30)26-16-8-4-3-5-9-16;1-14(2)25-11-9-19(29)28-23-20(16-8-10-24-12-18(16)32-23)22-27-17(13-31-22)21(30)26-15-6-4-3-5-7-15;1-13(2)22-8-6-16(26)24-19-17(18-23-9-11-29-18)14-7-10-25(12-15(14)30-19)20(27)28-21(3,4)5;7-6-4-2-1-3-5-6;2-1-3/h3-5,8-9,14-15,25H,6-7,10-13H2,1-2H3,(H,26,30)(H,28,29);3-7,13-14,24-25H,8-12H2,1-2H3,(H,26,30)(H,28,29);9,11,13,22H,6-8,10,12H2,1-5H3,(H,24,26);1-5H,7H2;. The molecule has 0 saturated heterocycles. The number of hydrogen-bond acceptors (Lipinski definition) is 23. The number of aryl methyl sites for hydroxylation is 1. The zero-order chi connectivity index (χ0) is 74.7. The van der Waals surface area contributed by atoms with E-state index in [1.807, 2.05) is 117 Å². The SMILES string of the molecule is CC(C)NCCC(=O)Nc1sc2c(c1-c1nc(C(=O)Nc3ccccc3)cs1)CCCC2.CC(C)NCCC(=O)Nc1sc2c(c1-c1nc(C(=O)Nc3ccccc3)cs1)CCNC2.CC(C)NCCC(=O)Nc1sc2c(c1-c1nccs1)CCN(C(=O)OC(C)(C)C)C2.Nc1ccccc1.O=C=O. The van der Waals surface area contributed by atoms with Crippen LogP contribution in [0.15, 0.2) is 113 Å². The van der Waals surface area contributed by atoms with E-state index in [9.17, 15) is 28.8 Å². The predicted octanol–water partition coefficient (Wildman–Crippen LogP) is 14.6. The Bertz CT molecular complexity index is 4120. The van der Waals surface area contributed by atoms with Crippen molar-refractivity contribution in [3.05, 3.63) is 156 Å². The molecule has 9 aromatic rings. The average Bonchev–Trinajstić information content (AvgIpc) is 1.63. The lowest BCUT2D eigenvalue weighted by Gasteiger charge is -2.30. The molecule has 12 rings (SSSR count). The van der Waals surface area contributed by atoms with Gasteiger partial charge >= 0.3 is 12.2 Å². The van der Waals surface area contributed by atoms with E-state index in [1.54, 1.807) is 55.9 Å². The fraction of sp³-hybridized carbons (Fsp3) is 0.387. The van der Waals surface area contributed by atoms with Crippen LogP contribution in [-0.4, -0.2) is 118 Å². The highest BCUT2D eigenvalue weighted by atomic mass is 32.1. The first-order valence-electron chi connectivity index (χ1n) is 34.5. The molecule has 3 aliphatic rings. The van der Waals surface area contributed by atoms with E-state index >= 15 is 0 Å². The van der Waals surface area contributed by atoms with E-state index < -0.39 is 5.60 Å². The van der Waals surface area contributed by atoms with Crippen molar-refractivity contribution in [3.63, 3.8) is 0 Å². The Kier molecular flexibility index (Phi) is 31.6. The van der Waals surface area contributed by atoms with Gasteiger partial charge in [-0.05, 0) is 119 Å². The number of nitrogen functional groups attached to an aromatic ring is 1. The molecular weight excluding hydrogens is 1430 g/mol. The normalized spacial score (nSPS) is 12.8. The molecule has 3 aromatic carbocycles. The highest BCUT2D eigenvalue weighted by molar-refractivity contribution is 7.19. The summed E-state index contributed by atoms with van der Waals surface area (Å²) in [4.78, 5) is 111. The average molecular weight is 1530 g/mol. The number of anilines is 6. The molecule has 0 unspecified atom stereocenters. The smallest absolute Gasteiger partial charge is 0.410 e. The number of nitrogens with two attached hydrogens (primary N) is 1. The summed E-state index contributed by atoms with van der Waals surface area (Å²) in [6.07, 6.45) is 8.85. The van der Waals surface area contributed by atoms with Gasteiger partial charge in [-0.1, -0.05) is 96.1 Å². The Labute approximate surface area is 631 Å². The maximum absolute atomic E-state index is 12.7. The minimum atomic E-state index is -0.526. The van der Waals surface area contributed by atoms with E-state index in [-0.39, 0.29) is 41.8 Å². The third kappa shape index (κ3) is 25.0. The van der Waals surface area contributed by atoms with Crippen LogP contribution in [0.3, 0.4) is 0 Å². The second-order valence-electron chi connectivity index (χ2n) is 26.2. The number of amides is 6. The molecule has 0 spiro atoms. The molecule has 23 nitrogen and oxygen atoms in total. The summed E-state index contributed by atoms with van der Waals surface area (Å²) in [7, 11) is 0. The summed E-state index contributed by atoms with van der Waals surface area (Å²) in [6, 6.07) is 29.2. The van der Waals surface area contributed by atoms with Gasteiger partial charge in [-0.15, -0.1) is 68.0 Å². The van der Waals surface area contributed by atoms with E-state index in [2.05, 4.69) is 104 Å². The third-order valence-electron chi connectivity index (χ3n) is 15.7. The number of hydrogen-bond donors (Lipinski definition) is 10. The number of nitrogens with one attached hydrogen (secondary N) is 9. The van der Waals surface area contributed by atoms with Crippen LogP contribution in [0.25, 0.3) is 31.7 Å². The first kappa shape index (κ1) is 81.0. The molecule has 29 heteroatoms. The first-order valence-corrected chi connectivity index (χ1v) is 39.6. The molecule has 552 valence electrons. The number of para-hydroxylation sites is 3. The quantitative estimate of drug-likeness (QED) is 0.0282. The zero-order valence-electron chi connectivity index (χ0n) is 60.0. The highest BCUT2D eigenvalue weighted by Gasteiger charge is 2.32. The van der Waals surface area contributed by atoms with Crippen molar-refractivity contribution in [1.82, 2.24) is 41.1 Å². The fourth-order valence-electron chi connectivity index (χ4n) is 10.9. The van der Waals surface area contributed by atoms with Crippen LogP contribution in [0.5, 0.6) is 0 Å². The second kappa shape index (κ2) is 40.5. The molecule has 6 amide bonds. The maximum atomic E-state index is 12.7. The van der Waals surface area contributed by atoms with Crippen LogP contribution in [-0.2, 0) is 67.5 Å². The number of benzene rings is 3. The van der Waals surface area contributed by atoms with Crippen LogP contribution in [0.2, 0.25) is 0 Å². The Morgan fingerprint density at radius 3 is 1.43 bits per heavy atom. The summed E-state index contributed by atoms with van der Waals surface area (Å²) in [6.45, 7) is 22.6. The largest absolute Gasteiger partial charge is 0.444 e. The maximum Gasteiger partial charge on any atom is 0.410 e. The number of ether oxygens (including phenoxy) is 1. The lowest BCUT2D eigenvalue weighted by molar-refractivity contribution is -0.191. The Hall–Kier alpha value is -8.71. The summed E-state index contributed by atoms with van der Waals surface area (Å²) < 4.78 is 5.53. The van der Waals surface area contributed by atoms with Crippen molar-refractivity contribution in [2.24, 2.45) is 0 Å². The van der Waals surface area contributed by atoms with Gasteiger partial charge in [-0.25, -0.2) is 19.7 Å². The van der Waals surface area contributed by atoms with Gasteiger partial charge in [-0.2, -0.15) is 9.59 Å². The van der Waals surface area contributed by atoms with Crippen molar-refractivity contribution in [1.29, 1.82) is 0 Å². The second-order valence-corrected chi connectivity index (χ2v) is 32.1. The van der Waals surface area contributed by atoms with Gasteiger partial charge in [0.25, 0.3) is 11.8 Å². The topological polar surface area (TPSA) is 322 Å². The van der Waals surface area contributed by atoms with Crippen LogP contribution >= 0.6 is 68.0 Å². The molecule has 0 bridgehead atoms. The van der Waals surface area contributed by atoms with E-state index in [1.165, 1.54) is 66.9 Å². The summed E-state index contributed by atoms with van der Waals surface area (Å²) in [5.41, 5.74) is 14.5. The highest BCUT2D eigenvalue weighted by Crippen LogP contribution is 2.47. The van der Waals surface area contributed by atoms with E-state index in [0.717, 1.165) is 107 Å². The van der Waals surface area contributed by atoms with E-state index in [0.29, 0.717) is 87.9 Å². The van der Waals surface area contributed by atoms with Crippen molar-refractivity contribution in [2.45, 2.75) is 157 Å². The molecule has 104 heavy (non-hydrogen) atoms. The van der Waals surface area contributed by atoms with Gasteiger partial charge in [0.05, 0.1) is 6.54 Å². The van der Waals surface area contributed by atoms with Gasteiger partial charge in [0.1, 0.15) is 47.0 Å². The van der Waals surface area contributed by atoms with Crippen molar-refractivity contribution < 1.29 is 43.1 Å². The number of thiophene rings is 3. The molecule has 6 aromatic heterocycles. The fourth-order valence-corrected chi connectivity index (χ4v) is 17.4. The molecule has 1 aliphatic carbocycles. The van der Waals surface area contributed by atoms with Gasteiger partial charge < -0.3 is 63.2 Å². The number of nitrogens with zero attached hydrogens (tertiary/aromatic N) is 4. The number of aromatic nitrogens is 3. The van der Waals surface area contributed by atoms with Crippen molar-refractivity contribution in [3.8, 4) is 31.7 Å². The van der Waals surface area contributed by atoms with Crippen molar-refractivity contribution in [2.75, 3.05) is 65.0 Å². The van der Waals surface area contributed by atoms with Crippen LogP contribution in [0.1, 0.15) is 147 Å². The predicted molar refractivity (Wildman–Crippen MR) is 422 cm³/mol. The van der Waals surface area contributed by atoms with Crippen LogP contribution in [0.4, 0.5) is 36.9 Å². The minimum Gasteiger partial charge on any atom is -0.444 e. The number of carbonyl (C=O) groups is 6. The zero-order valence-corrected chi connectivity index (χ0v) is 64.9. The number of carbonyl (C=O) groups excluding carboxylic acids is 8. The number of rotatable bonds is 22. The minimum absolute atomic E-state index is 0.00315. The molecule has 8 heterocycles. The molecule has 0 radical (unpaired) electrons. The van der Waals surface area contributed by atoms with Gasteiger partial charge in [0.15, 0.2) is 0 Å². The third-order valence-corrected chi connectivity index (χ3v) is 21.7. The number of fused-ring (bicyclic) bond motifs is 3. The Morgan fingerprint density at radius 2 is 0.990 bits per heavy atom. The summed E-state index contributed by atoms with van der Waals surface area (Å²) >= 11 is 9.23. The molecule has 0 atom stereocenters. The van der Waals surface area contributed by atoms with Crippen LogP contribution < -0.4 is 53.6 Å².